The van der Waals surface area contributed by atoms with Crippen molar-refractivity contribution < 1.29 is 41.0 Å². The summed E-state index contributed by atoms with van der Waals surface area (Å²) >= 11 is 0. The molecule has 8 nitrogen and oxygen atoms in total. The van der Waals surface area contributed by atoms with Crippen molar-refractivity contribution in [3.05, 3.63) is 24.5 Å². The van der Waals surface area contributed by atoms with Crippen molar-refractivity contribution in [2.75, 3.05) is 19.7 Å². The van der Waals surface area contributed by atoms with Crippen molar-refractivity contribution in [1.82, 2.24) is 9.29 Å². The van der Waals surface area contributed by atoms with Crippen LogP contribution in [0, 0.1) is 0 Å². The van der Waals surface area contributed by atoms with E-state index in [2.05, 4.69) is 4.98 Å². The Morgan fingerprint density at radius 2 is 1.97 bits per heavy atom. The molecule has 3 aliphatic rings. The maximum absolute atomic E-state index is 12.2. The van der Waals surface area contributed by atoms with Gasteiger partial charge in [-0.05, 0) is 25.0 Å². The minimum Gasteiger partial charge on any atom is -0.489 e. The molecule has 0 aromatic carbocycles. The summed E-state index contributed by atoms with van der Waals surface area (Å²) in [4.78, 5) is 12.9. The first-order valence-corrected chi connectivity index (χ1v) is 10.5. The van der Waals surface area contributed by atoms with Crippen LogP contribution in [0.5, 0.6) is 5.75 Å². The predicted octanol–water partition coefficient (Wildman–Crippen LogP) is 1.82. The first kappa shape index (κ1) is 21.8. The molecule has 162 valence electrons. The third kappa shape index (κ3) is 5.37. The molecule has 0 radical (unpaired) electrons. The number of pyridine rings is 1. The van der Waals surface area contributed by atoms with E-state index in [0.717, 1.165) is 31.4 Å². The van der Waals surface area contributed by atoms with Gasteiger partial charge in [-0.25, -0.2) is 13.2 Å². The Bertz CT molecular complexity index is 823. The lowest BCUT2D eigenvalue weighted by Gasteiger charge is -2.52. The van der Waals surface area contributed by atoms with E-state index >= 15 is 0 Å². The van der Waals surface area contributed by atoms with Crippen LogP contribution in [0.1, 0.15) is 25.7 Å². The van der Waals surface area contributed by atoms with Crippen LogP contribution < -0.4 is 4.74 Å². The fourth-order valence-corrected chi connectivity index (χ4v) is 5.25. The fraction of sp³-hybridized carbons (Fsp3) is 0.647. The molecule has 3 heterocycles. The van der Waals surface area contributed by atoms with Crippen molar-refractivity contribution in [2.45, 2.75) is 48.8 Å². The fourth-order valence-electron chi connectivity index (χ4n) is 3.27. The van der Waals surface area contributed by atoms with Crippen molar-refractivity contribution >= 4 is 16.0 Å². The second kappa shape index (κ2) is 8.07. The average molecular weight is 438 g/mol. The molecule has 0 bridgehead atoms. The Morgan fingerprint density at radius 1 is 1.31 bits per heavy atom. The van der Waals surface area contributed by atoms with Gasteiger partial charge in [-0.15, -0.1) is 0 Å². The number of hydrogen-bond acceptors (Lipinski definition) is 6. The molecule has 1 saturated carbocycles. The highest BCUT2D eigenvalue weighted by Crippen LogP contribution is 2.41. The lowest BCUT2D eigenvalue weighted by Crippen LogP contribution is -2.67. The van der Waals surface area contributed by atoms with E-state index in [0.29, 0.717) is 19.7 Å². The highest BCUT2D eigenvalue weighted by atomic mass is 32.2. The standard InChI is InChI=1S/C15H20N2O4S.C2HF3O2/c18-22(19,14-3-4-14)17-10-15(11-17)8-12(5-7-20-15)21-13-2-1-6-16-9-13;3-2(4,5)1(6)7/h1-2,6,9,12,14H,3-5,7-8,10-11H2;(H,6,7). The van der Waals surface area contributed by atoms with Crippen LogP contribution in [0.25, 0.3) is 0 Å². The number of carbonyl (C=O) groups is 1. The molecule has 29 heavy (non-hydrogen) atoms. The number of aromatic nitrogens is 1. The lowest BCUT2D eigenvalue weighted by molar-refractivity contribution is -0.192. The third-order valence-electron chi connectivity index (χ3n) is 4.86. The molecule has 0 amide bonds. The zero-order valence-electron chi connectivity index (χ0n) is 15.3. The summed E-state index contributed by atoms with van der Waals surface area (Å²) in [5.41, 5.74) is -0.354. The monoisotopic (exact) mass is 438 g/mol. The van der Waals surface area contributed by atoms with Gasteiger partial charge in [0.15, 0.2) is 0 Å². The van der Waals surface area contributed by atoms with Gasteiger partial charge in [-0.1, -0.05) is 0 Å². The Kier molecular flexibility index (Phi) is 6.06. The highest BCUT2D eigenvalue weighted by molar-refractivity contribution is 7.90. The zero-order chi connectivity index (χ0) is 21.3. The summed E-state index contributed by atoms with van der Waals surface area (Å²) in [7, 11) is -3.08. The number of carboxylic acids is 1. The SMILES string of the molecule is O=C(O)C(F)(F)F.O=S(=O)(C1CC1)N1CC2(CC(Oc3cccnc3)CCO2)C1. The van der Waals surface area contributed by atoms with Crippen LogP contribution in [0.3, 0.4) is 0 Å². The Morgan fingerprint density at radius 3 is 2.48 bits per heavy atom. The van der Waals surface area contributed by atoms with E-state index in [9.17, 15) is 21.6 Å². The summed E-state index contributed by atoms with van der Waals surface area (Å²) in [6, 6.07) is 3.73. The van der Waals surface area contributed by atoms with Crippen molar-refractivity contribution in [2.24, 2.45) is 0 Å². The van der Waals surface area contributed by atoms with Crippen LogP contribution in [0.15, 0.2) is 24.5 Å². The summed E-state index contributed by atoms with van der Waals surface area (Å²) in [5, 5.41) is 6.98. The van der Waals surface area contributed by atoms with Gasteiger partial charge >= 0.3 is 12.1 Å². The van der Waals surface area contributed by atoms with E-state index in [-0.39, 0.29) is 17.0 Å². The number of hydrogen-bond donors (Lipinski definition) is 1. The van der Waals surface area contributed by atoms with Crippen molar-refractivity contribution in [3.8, 4) is 5.75 Å². The Labute approximate surface area is 165 Å². The minimum absolute atomic E-state index is 0.0590. The van der Waals surface area contributed by atoms with Gasteiger partial charge in [0.1, 0.15) is 11.9 Å². The first-order chi connectivity index (χ1) is 13.5. The zero-order valence-corrected chi connectivity index (χ0v) is 16.2. The highest BCUT2D eigenvalue weighted by Gasteiger charge is 2.55. The number of sulfonamides is 1. The number of ether oxygens (including phenoxy) is 2. The summed E-state index contributed by atoms with van der Waals surface area (Å²) in [6.07, 6.45) is 1.56. The van der Waals surface area contributed by atoms with Gasteiger partial charge in [-0.3, -0.25) is 4.98 Å². The molecule has 2 aliphatic heterocycles. The number of halogens is 3. The molecule has 12 heteroatoms. The van der Waals surface area contributed by atoms with E-state index in [1.807, 2.05) is 12.1 Å². The summed E-state index contributed by atoms with van der Waals surface area (Å²) in [6.45, 7) is 1.56. The number of alkyl halides is 3. The van der Waals surface area contributed by atoms with Gasteiger partial charge in [-0.2, -0.15) is 17.5 Å². The predicted molar refractivity (Wildman–Crippen MR) is 93.8 cm³/mol. The number of rotatable bonds is 4. The van der Waals surface area contributed by atoms with Crippen LogP contribution >= 0.6 is 0 Å². The first-order valence-electron chi connectivity index (χ1n) is 9.02. The largest absolute Gasteiger partial charge is 0.490 e. The third-order valence-corrected chi connectivity index (χ3v) is 7.15. The second-order valence-corrected chi connectivity index (χ2v) is 9.48. The molecule has 1 unspecified atom stereocenters. The van der Waals surface area contributed by atoms with Gasteiger partial charge in [0.25, 0.3) is 0 Å². The molecule has 2 saturated heterocycles. The quantitative estimate of drug-likeness (QED) is 0.764. The molecule has 1 spiro atoms. The lowest BCUT2D eigenvalue weighted by atomic mass is 9.86. The van der Waals surface area contributed by atoms with E-state index in [1.165, 1.54) is 0 Å². The average Bonchev–Trinajstić information content (AvgIpc) is 3.46. The van der Waals surface area contributed by atoms with Crippen LogP contribution in [0.4, 0.5) is 13.2 Å². The molecule has 4 rings (SSSR count). The normalized spacial score (nSPS) is 24.2. The smallest absolute Gasteiger partial charge is 0.489 e. The molecule has 1 aromatic heterocycles. The van der Waals surface area contributed by atoms with Gasteiger partial charge < -0.3 is 14.6 Å². The molecule has 3 fully saturated rings. The molecule has 1 N–H and O–H groups in total. The molecule has 1 aliphatic carbocycles. The maximum atomic E-state index is 12.2. The maximum Gasteiger partial charge on any atom is 0.490 e. The Balaban J connectivity index is 0.000000298. The molecule has 1 atom stereocenters. The molecular weight excluding hydrogens is 417 g/mol. The topological polar surface area (TPSA) is 106 Å². The van der Waals surface area contributed by atoms with E-state index < -0.39 is 22.2 Å². The number of carboxylic acid groups (broad SMARTS) is 1. The number of aliphatic carboxylic acids is 1. The van der Waals surface area contributed by atoms with E-state index in [1.54, 1.807) is 16.7 Å². The second-order valence-electron chi connectivity index (χ2n) is 7.27. The van der Waals surface area contributed by atoms with Crippen LogP contribution in [-0.2, 0) is 19.6 Å². The van der Waals surface area contributed by atoms with Gasteiger partial charge in [0.2, 0.25) is 10.0 Å². The molecular formula is C17H21F3N2O6S. The summed E-state index contributed by atoms with van der Waals surface area (Å²) < 4.78 is 69.6. The van der Waals surface area contributed by atoms with E-state index in [4.69, 9.17) is 19.4 Å². The van der Waals surface area contributed by atoms with Crippen molar-refractivity contribution in [1.29, 1.82) is 0 Å². The summed E-state index contributed by atoms with van der Waals surface area (Å²) in [5.74, 6) is -2.00. The van der Waals surface area contributed by atoms with Gasteiger partial charge in [0.05, 0.1) is 23.7 Å². The molecule has 1 aromatic rings. The van der Waals surface area contributed by atoms with Crippen molar-refractivity contribution in [3.63, 3.8) is 0 Å². The van der Waals surface area contributed by atoms with Crippen LogP contribution in [0.2, 0.25) is 0 Å². The Hall–Kier alpha value is -1.92. The van der Waals surface area contributed by atoms with Gasteiger partial charge in [0, 0.05) is 32.1 Å². The number of nitrogens with zero attached hydrogens (tertiary/aromatic N) is 2. The van der Waals surface area contributed by atoms with Crippen LogP contribution in [-0.4, -0.2) is 71.6 Å². The minimum atomic E-state index is -5.08.